The third-order valence-corrected chi connectivity index (χ3v) is 4.40. The first-order valence-electron chi connectivity index (χ1n) is 7.41. The minimum Gasteiger partial charge on any atom is -0.368 e. The molecular weight excluding hydrogens is 240 g/mol. The van der Waals surface area contributed by atoms with Gasteiger partial charge in [0, 0.05) is 31.7 Å². The van der Waals surface area contributed by atoms with Crippen LogP contribution in [0.4, 0.5) is 0 Å². The van der Waals surface area contributed by atoms with E-state index in [2.05, 4.69) is 36.1 Å². The van der Waals surface area contributed by atoms with Crippen molar-refractivity contribution in [2.45, 2.75) is 44.3 Å². The summed E-state index contributed by atoms with van der Waals surface area (Å²) < 4.78 is 0. The number of likely N-dealkylation sites (N-methyl/N-ethyl adjacent to an activating group) is 1. The van der Waals surface area contributed by atoms with Gasteiger partial charge in [-0.1, -0.05) is 6.92 Å². The monoisotopic (exact) mass is 268 g/mol. The van der Waals surface area contributed by atoms with E-state index in [9.17, 15) is 4.79 Å². The molecule has 0 aromatic carbocycles. The van der Waals surface area contributed by atoms with Crippen molar-refractivity contribution in [3.63, 3.8) is 0 Å². The van der Waals surface area contributed by atoms with Crippen molar-refractivity contribution in [3.8, 4) is 0 Å². The number of likely N-dealkylation sites (tertiary alicyclic amines) is 1. The van der Waals surface area contributed by atoms with Gasteiger partial charge in [0.25, 0.3) is 0 Å². The smallest absolute Gasteiger partial charge is 0.234 e. The van der Waals surface area contributed by atoms with Gasteiger partial charge in [-0.3, -0.25) is 4.79 Å². The van der Waals surface area contributed by atoms with Gasteiger partial charge in [-0.15, -0.1) is 0 Å². The van der Waals surface area contributed by atoms with E-state index in [1.54, 1.807) is 0 Å². The molecule has 2 fully saturated rings. The lowest BCUT2D eigenvalue weighted by atomic mass is 10.1. The second-order valence-electron chi connectivity index (χ2n) is 6.45. The standard InChI is InChI=1S/C14H28N4O/c1-10-8-18(9-13(10)17(2)3)7-6-12(14(15)19)16-11-4-5-11/h10-13,16H,4-9H2,1-3H3,(H2,15,19). The van der Waals surface area contributed by atoms with Gasteiger partial charge in [-0.25, -0.2) is 0 Å². The number of hydrogen-bond donors (Lipinski definition) is 2. The number of rotatable bonds is 7. The summed E-state index contributed by atoms with van der Waals surface area (Å²) in [5, 5.41) is 3.35. The topological polar surface area (TPSA) is 61.6 Å². The van der Waals surface area contributed by atoms with Gasteiger partial charge in [-0.2, -0.15) is 0 Å². The molecule has 1 aliphatic carbocycles. The first kappa shape index (κ1) is 14.8. The lowest BCUT2D eigenvalue weighted by Gasteiger charge is -2.23. The highest BCUT2D eigenvalue weighted by Gasteiger charge is 2.32. The van der Waals surface area contributed by atoms with E-state index >= 15 is 0 Å². The Balaban J connectivity index is 1.76. The summed E-state index contributed by atoms with van der Waals surface area (Å²) in [7, 11) is 4.29. The Morgan fingerprint density at radius 2 is 2.11 bits per heavy atom. The molecule has 1 aliphatic heterocycles. The molecule has 2 aliphatic rings. The van der Waals surface area contributed by atoms with Crippen LogP contribution in [0.5, 0.6) is 0 Å². The Labute approximate surface area is 116 Å². The molecule has 1 saturated carbocycles. The zero-order chi connectivity index (χ0) is 14.0. The van der Waals surface area contributed by atoms with Crippen LogP contribution in [-0.4, -0.2) is 67.6 Å². The molecule has 0 bridgehead atoms. The molecule has 5 nitrogen and oxygen atoms in total. The summed E-state index contributed by atoms with van der Waals surface area (Å²) in [4.78, 5) is 16.2. The third kappa shape index (κ3) is 4.16. The molecule has 2 rings (SSSR count). The molecule has 0 aromatic rings. The molecule has 3 unspecified atom stereocenters. The van der Waals surface area contributed by atoms with Crippen molar-refractivity contribution >= 4 is 5.91 Å². The number of amides is 1. The number of carbonyl (C=O) groups excluding carboxylic acids is 1. The van der Waals surface area contributed by atoms with Gasteiger partial charge in [0.2, 0.25) is 5.91 Å². The van der Waals surface area contributed by atoms with Crippen LogP contribution in [0.1, 0.15) is 26.2 Å². The molecule has 0 aromatic heterocycles. The first-order chi connectivity index (χ1) is 8.97. The number of nitrogens with one attached hydrogen (secondary N) is 1. The normalized spacial score (nSPS) is 29.9. The Hall–Kier alpha value is -0.650. The fourth-order valence-electron chi connectivity index (χ4n) is 3.06. The average Bonchev–Trinajstić information content (AvgIpc) is 3.06. The quantitative estimate of drug-likeness (QED) is 0.675. The predicted octanol–water partition coefficient (Wildman–Crippen LogP) is -0.136. The van der Waals surface area contributed by atoms with Gasteiger partial charge < -0.3 is 20.9 Å². The van der Waals surface area contributed by atoms with E-state index in [0.29, 0.717) is 18.0 Å². The van der Waals surface area contributed by atoms with Crippen molar-refractivity contribution in [1.82, 2.24) is 15.1 Å². The summed E-state index contributed by atoms with van der Waals surface area (Å²) >= 11 is 0. The maximum atomic E-state index is 11.4. The lowest BCUT2D eigenvalue weighted by Crippen LogP contribution is -2.44. The lowest BCUT2D eigenvalue weighted by molar-refractivity contribution is -0.120. The zero-order valence-electron chi connectivity index (χ0n) is 12.4. The molecule has 5 heteroatoms. The van der Waals surface area contributed by atoms with Crippen molar-refractivity contribution in [2.75, 3.05) is 33.7 Å². The van der Waals surface area contributed by atoms with Gasteiger partial charge in [0.05, 0.1) is 6.04 Å². The van der Waals surface area contributed by atoms with Crippen molar-refractivity contribution in [2.24, 2.45) is 11.7 Å². The second kappa shape index (κ2) is 6.20. The molecule has 1 saturated heterocycles. The van der Waals surface area contributed by atoms with Crippen LogP contribution >= 0.6 is 0 Å². The number of hydrogen-bond acceptors (Lipinski definition) is 4. The van der Waals surface area contributed by atoms with Crippen LogP contribution in [0.3, 0.4) is 0 Å². The van der Waals surface area contributed by atoms with E-state index in [0.717, 1.165) is 26.1 Å². The molecule has 0 spiro atoms. The van der Waals surface area contributed by atoms with Crippen molar-refractivity contribution < 1.29 is 4.79 Å². The summed E-state index contributed by atoms with van der Waals surface area (Å²) in [6, 6.07) is 1.01. The van der Waals surface area contributed by atoms with E-state index in [1.807, 2.05) is 0 Å². The van der Waals surface area contributed by atoms with Crippen LogP contribution in [0.25, 0.3) is 0 Å². The summed E-state index contributed by atoms with van der Waals surface area (Å²) in [5.41, 5.74) is 5.47. The Morgan fingerprint density at radius 3 is 2.58 bits per heavy atom. The molecule has 3 N–H and O–H groups in total. The van der Waals surface area contributed by atoms with Crippen LogP contribution in [0.15, 0.2) is 0 Å². The fraction of sp³-hybridized carbons (Fsp3) is 0.929. The van der Waals surface area contributed by atoms with E-state index in [4.69, 9.17) is 5.73 Å². The second-order valence-corrected chi connectivity index (χ2v) is 6.45. The number of nitrogens with two attached hydrogens (primary N) is 1. The Morgan fingerprint density at radius 1 is 1.42 bits per heavy atom. The van der Waals surface area contributed by atoms with Crippen LogP contribution < -0.4 is 11.1 Å². The van der Waals surface area contributed by atoms with E-state index < -0.39 is 0 Å². The fourth-order valence-corrected chi connectivity index (χ4v) is 3.06. The number of nitrogens with zero attached hydrogens (tertiary/aromatic N) is 2. The van der Waals surface area contributed by atoms with Crippen molar-refractivity contribution in [1.29, 1.82) is 0 Å². The first-order valence-corrected chi connectivity index (χ1v) is 7.41. The maximum Gasteiger partial charge on any atom is 0.234 e. The Kier molecular flexibility index (Phi) is 4.81. The molecule has 1 amide bonds. The number of primary amides is 1. The van der Waals surface area contributed by atoms with E-state index in [1.165, 1.54) is 12.8 Å². The van der Waals surface area contributed by atoms with Gasteiger partial charge in [0.15, 0.2) is 0 Å². The molecule has 19 heavy (non-hydrogen) atoms. The van der Waals surface area contributed by atoms with Crippen LogP contribution in [0.2, 0.25) is 0 Å². The van der Waals surface area contributed by atoms with Gasteiger partial charge >= 0.3 is 0 Å². The predicted molar refractivity (Wildman–Crippen MR) is 76.8 cm³/mol. The summed E-state index contributed by atoms with van der Waals surface area (Å²) in [5.74, 6) is 0.488. The molecular formula is C14H28N4O. The van der Waals surface area contributed by atoms with Crippen LogP contribution in [-0.2, 0) is 4.79 Å². The summed E-state index contributed by atoms with van der Waals surface area (Å²) in [6.07, 6.45) is 3.21. The zero-order valence-corrected chi connectivity index (χ0v) is 12.4. The molecule has 1 heterocycles. The van der Waals surface area contributed by atoms with Crippen LogP contribution in [0, 0.1) is 5.92 Å². The largest absolute Gasteiger partial charge is 0.368 e. The van der Waals surface area contributed by atoms with Gasteiger partial charge in [-0.05, 0) is 39.3 Å². The number of carbonyl (C=O) groups is 1. The Bertz CT molecular complexity index is 317. The molecule has 110 valence electrons. The van der Waals surface area contributed by atoms with Gasteiger partial charge in [0.1, 0.15) is 0 Å². The van der Waals surface area contributed by atoms with Crippen molar-refractivity contribution in [3.05, 3.63) is 0 Å². The summed E-state index contributed by atoms with van der Waals surface area (Å²) in [6.45, 7) is 5.49. The molecule has 3 atom stereocenters. The minimum atomic E-state index is -0.205. The van der Waals surface area contributed by atoms with E-state index in [-0.39, 0.29) is 11.9 Å². The average molecular weight is 268 g/mol. The maximum absolute atomic E-state index is 11.4. The highest BCUT2D eigenvalue weighted by Crippen LogP contribution is 2.22. The third-order valence-electron chi connectivity index (χ3n) is 4.40. The minimum absolute atomic E-state index is 0.152. The highest BCUT2D eigenvalue weighted by molar-refractivity contribution is 5.79. The molecule has 0 radical (unpaired) electrons. The SMILES string of the molecule is CC1CN(CCC(NC2CC2)C(N)=O)CC1N(C)C. The highest BCUT2D eigenvalue weighted by atomic mass is 16.1.